The second kappa shape index (κ2) is 4.97. The summed E-state index contributed by atoms with van der Waals surface area (Å²) in [5.41, 5.74) is 0. The molecule has 2 atom stereocenters. The average molecular weight is 242 g/mol. The number of rotatable bonds is 2. The lowest BCUT2D eigenvalue weighted by Gasteiger charge is -2.36. The van der Waals surface area contributed by atoms with Crippen LogP contribution in [0.4, 0.5) is 5.82 Å². The highest BCUT2D eigenvalue weighted by Crippen LogP contribution is 2.28. The van der Waals surface area contributed by atoms with E-state index in [1.54, 1.807) is 6.20 Å². The molecule has 5 heteroatoms. The summed E-state index contributed by atoms with van der Waals surface area (Å²) < 4.78 is 0. The number of nitrogens with zero attached hydrogens (tertiary/aromatic N) is 3. The zero-order valence-electron chi connectivity index (χ0n) is 9.30. The van der Waals surface area contributed by atoms with Crippen LogP contribution in [0.1, 0.15) is 25.7 Å². The molecular formula is C11H16ClN3O. The van der Waals surface area contributed by atoms with Crippen molar-refractivity contribution in [3.8, 4) is 0 Å². The summed E-state index contributed by atoms with van der Waals surface area (Å²) in [7, 11) is 1.92. The highest BCUT2D eigenvalue weighted by atomic mass is 35.5. The van der Waals surface area contributed by atoms with Crippen LogP contribution in [0.2, 0.25) is 5.02 Å². The first kappa shape index (κ1) is 11.6. The third-order valence-electron chi connectivity index (χ3n) is 3.17. The van der Waals surface area contributed by atoms with E-state index in [4.69, 9.17) is 11.6 Å². The summed E-state index contributed by atoms with van der Waals surface area (Å²) in [5, 5.41) is 10.5. The van der Waals surface area contributed by atoms with Gasteiger partial charge in [-0.2, -0.15) is 0 Å². The highest BCUT2D eigenvalue weighted by Gasteiger charge is 2.28. The van der Waals surface area contributed by atoms with E-state index in [1.165, 1.54) is 6.33 Å². The number of hydrogen-bond acceptors (Lipinski definition) is 4. The summed E-state index contributed by atoms with van der Waals surface area (Å²) in [5.74, 6) is 0.697. The Kier molecular flexibility index (Phi) is 3.61. The van der Waals surface area contributed by atoms with Gasteiger partial charge in [0.05, 0.1) is 18.3 Å². The van der Waals surface area contributed by atoms with Gasteiger partial charge < -0.3 is 10.0 Å². The molecule has 1 N–H and O–H groups in total. The molecule has 0 spiro atoms. The van der Waals surface area contributed by atoms with E-state index >= 15 is 0 Å². The predicted molar refractivity (Wildman–Crippen MR) is 63.7 cm³/mol. The topological polar surface area (TPSA) is 49.2 Å². The van der Waals surface area contributed by atoms with Crippen LogP contribution in [0.5, 0.6) is 0 Å². The number of aliphatic hydroxyl groups excluding tert-OH is 1. The zero-order chi connectivity index (χ0) is 11.5. The minimum absolute atomic E-state index is 0.112. The van der Waals surface area contributed by atoms with Gasteiger partial charge in [-0.25, -0.2) is 9.97 Å². The molecule has 16 heavy (non-hydrogen) atoms. The van der Waals surface area contributed by atoms with Gasteiger partial charge in [0, 0.05) is 7.05 Å². The van der Waals surface area contributed by atoms with Gasteiger partial charge in [0.2, 0.25) is 0 Å². The zero-order valence-corrected chi connectivity index (χ0v) is 10.1. The van der Waals surface area contributed by atoms with Crippen molar-refractivity contribution in [1.29, 1.82) is 0 Å². The number of hydrogen-bond donors (Lipinski definition) is 1. The second-order valence-corrected chi connectivity index (χ2v) is 4.63. The van der Waals surface area contributed by atoms with E-state index in [0.29, 0.717) is 10.8 Å². The van der Waals surface area contributed by atoms with Gasteiger partial charge in [0.15, 0.2) is 5.82 Å². The number of aliphatic hydroxyl groups is 1. The van der Waals surface area contributed by atoms with Crippen molar-refractivity contribution in [2.75, 3.05) is 11.9 Å². The SMILES string of the molecule is CN(c1ncncc1Cl)C1CCCCC1O. The van der Waals surface area contributed by atoms with Gasteiger partial charge >= 0.3 is 0 Å². The summed E-state index contributed by atoms with van der Waals surface area (Å²) in [6.45, 7) is 0. The largest absolute Gasteiger partial charge is 0.391 e. The molecule has 2 unspecified atom stereocenters. The molecule has 1 aromatic rings. The Morgan fingerprint density at radius 3 is 2.88 bits per heavy atom. The Morgan fingerprint density at radius 1 is 1.44 bits per heavy atom. The van der Waals surface area contributed by atoms with E-state index < -0.39 is 0 Å². The fraction of sp³-hybridized carbons (Fsp3) is 0.636. The van der Waals surface area contributed by atoms with Crippen molar-refractivity contribution in [3.63, 3.8) is 0 Å². The van der Waals surface area contributed by atoms with Crippen LogP contribution in [0.25, 0.3) is 0 Å². The summed E-state index contributed by atoms with van der Waals surface area (Å²) in [4.78, 5) is 9.98. The Morgan fingerprint density at radius 2 is 2.19 bits per heavy atom. The Balaban J connectivity index is 2.17. The molecule has 1 aromatic heterocycles. The lowest BCUT2D eigenvalue weighted by molar-refractivity contribution is 0.106. The Labute approximate surface area is 100 Å². The van der Waals surface area contributed by atoms with Gasteiger partial charge in [-0.15, -0.1) is 0 Å². The highest BCUT2D eigenvalue weighted by molar-refractivity contribution is 6.32. The van der Waals surface area contributed by atoms with Gasteiger partial charge in [-0.05, 0) is 12.8 Å². The minimum Gasteiger partial charge on any atom is -0.391 e. The fourth-order valence-electron chi connectivity index (χ4n) is 2.27. The molecule has 0 bridgehead atoms. The summed E-state index contributed by atoms with van der Waals surface area (Å²) in [6, 6.07) is 0.112. The number of likely N-dealkylation sites (N-methyl/N-ethyl adjacent to an activating group) is 1. The molecule has 1 saturated carbocycles. The van der Waals surface area contributed by atoms with Crippen LogP contribution in [0, 0.1) is 0 Å². The lowest BCUT2D eigenvalue weighted by atomic mass is 9.91. The summed E-state index contributed by atoms with van der Waals surface area (Å²) >= 11 is 6.04. The Hall–Kier alpha value is -0.870. The van der Waals surface area contributed by atoms with Crippen molar-refractivity contribution in [3.05, 3.63) is 17.5 Å². The molecular weight excluding hydrogens is 226 g/mol. The molecule has 0 saturated heterocycles. The molecule has 2 rings (SSSR count). The van der Waals surface area contributed by atoms with Crippen molar-refractivity contribution in [2.45, 2.75) is 37.8 Å². The van der Waals surface area contributed by atoms with E-state index in [0.717, 1.165) is 25.7 Å². The van der Waals surface area contributed by atoms with Crippen molar-refractivity contribution in [1.82, 2.24) is 9.97 Å². The maximum atomic E-state index is 9.96. The quantitative estimate of drug-likeness (QED) is 0.859. The predicted octanol–water partition coefficient (Wildman–Crippen LogP) is 1.87. The molecule has 1 fully saturated rings. The van der Waals surface area contributed by atoms with Gasteiger partial charge in [0.1, 0.15) is 11.3 Å². The van der Waals surface area contributed by atoms with Crippen LogP contribution in [0.15, 0.2) is 12.5 Å². The average Bonchev–Trinajstić information content (AvgIpc) is 2.29. The van der Waals surface area contributed by atoms with Crippen LogP contribution in [-0.2, 0) is 0 Å². The minimum atomic E-state index is -0.287. The van der Waals surface area contributed by atoms with E-state index in [2.05, 4.69) is 9.97 Å². The smallest absolute Gasteiger partial charge is 0.150 e. The van der Waals surface area contributed by atoms with Crippen molar-refractivity contribution >= 4 is 17.4 Å². The molecule has 1 aliphatic rings. The maximum Gasteiger partial charge on any atom is 0.150 e. The molecule has 4 nitrogen and oxygen atoms in total. The maximum absolute atomic E-state index is 9.96. The summed E-state index contributed by atoms with van der Waals surface area (Å²) in [6.07, 6.45) is 6.86. The normalized spacial score (nSPS) is 25.4. The second-order valence-electron chi connectivity index (χ2n) is 4.22. The third kappa shape index (κ3) is 2.28. The number of anilines is 1. The first-order chi connectivity index (χ1) is 7.70. The first-order valence-corrected chi connectivity index (χ1v) is 5.94. The third-order valence-corrected chi connectivity index (χ3v) is 3.44. The molecule has 0 amide bonds. The van der Waals surface area contributed by atoms with Crippen LogP contribution >= 0.6 is 11.6 Å². The number of aromatic nitrogens is 2. The fourth-order valence-corrected chi connectivity index (χ4v) is 2.50. The lowest BCUT2D eigenvalue weighted by Crippen LogP contribution is -2.43. The van der Waals surface area contributed by atoms with Crippen LogP contribution < -0.4 is 4.90 Å². The molecule has 1 heterocycles. The van der Waals surface area contributed by atoms with E-state index in [9.17, 15) is 5.11 Å². The first-order valence-electron chi connectivity index (χ1n) is 5.56. The van der Waals surface area contributed by atoms with Crippen molar-refractivity contribution in [2.24, 2.45) is 0 Å². The molecule has 0 aromatic carbocycles. The monoisotopic (exact) mass is 241 g/mol. The molecule has 88 valence electrons. The molecule has 0 radical (unpaired) electrons. The van der Waals surface area contributed by atoms with Crippen LogP contribution in [-0.4, -0.2) is 34.3 Å². The van der Waals surface area contributed by atoms with Gasteiger partial charge in [-0.3, -0.25) is 0 Å². The molecule has 0 aliphatic heterocycles. The Bertz CT molecular complexity index is 361. The van der Waals surface area contributed by atoms with Crippen LogP contribution in [0.3, 0.4) is 0 Å². The molecule has 1 aliphatic carbocycles. The standard InChI is InChI=1S/C11H16ClN3O/c1-15(9-4-2-3-5-10(9)16)11-8(12)6-13-7-14-11/h6-7,9-10,16H,2-5H2,1H3. The number of halogens is 1. The van der Waals surface area contributed by atoms with Gasteiger partial charge in [0.25, 0.3) is 0 Å². The van der Waals surface area contributed by atoms with Gasteiger partial charge in [-0.1, -0.05) is 24.4 Å². The van der Waals surface area contributed by atoms with E-state index in [1.807, 2.05) is 11.9 Å². The van der Waals surface area contributed by atoms with Crippen molar-refractivity contribution < 1.29 is 5.11 Å². The van der Waals surface area contributed by atoms with E-state index in [-0.39, 0.29) is 12.1 Å².